The SMILES string of the molecule is C=C(CNC(N)=O)N(CC)CC. The van der Waals surface area contributed by atoms with Crippen LogP contribution in [0, 0.1) is 0 Å². The molecule has 0 aromatic rings. The number of hydrogen-bond donors (Lipinski definition) is 2. The van der Waals surface area contributed by atoms with Gasteiger partial charge in [0.05, 0.1) is 6.54 Å². The maximum atomic E-state index is 10.4. The largest absolute Gasteiger partial charge is 0.374 e. The van der Waals surface area contributed by atoms with Gasteiger partial charge in [-0.3, -0.25) is 0 Å². The molecule has 0 fully saturated rings. The van der Waals surface area contributed by atoms with E-state index in [4.69, 9.17) is 5.73 Å². The van der Waals surface area contributed by atoms with E-state index >= 15 is 0 Å². The van der Waals surface area contributed by atoms with Gasteiger partial charge in [-0.25, -0.2) is 4.79 Å². The average Bonchev–Trinajstić information content (AvgIpc) is 2.03. The third-order valence-corrected chi connectivity index (χ3v) is 1.68. The van der Waals surface area contributed by atoms with E-state index < -0.39 is 6.03 Å². The zero-order valence-corrected chi connectivity index (χ0v) is 7.76. The molecule has 0 aromatic heterocycles. The Hall–Kier alpha value is -1.19. The summed E-state index contributed by atoms with van der Waals surface area (Å²) >= 11 is 0. The van der Waals surface area contributed by atoms with E-state index in [1.54, 1.807) is 0 Å². The maximum Gasteiger partial charge on any atom is 0.312 e. The number of nitrogens with one attached hydrogen (secondary N) is 1. The fraction of sp³-hybridized carbons (Fsp3) is 0.625. The molecule has 0 aliphatic carbocycles. The smallest absolute Gasteiger partial charge is 0.312 e. The number of carbonyl (C=O) groups is 1. The lowest BCUT2D eigenvalue weighted by Gasteiger charge is -2.23. The monoisotopic (exact) mass is 171 g/mol. The highest BCUT2D eigenvalue weighted by Crippen LogP contribution is 1.97. The van der Waals surface area contributed by atoms with Crippen LogP contribution in [-0.2, 0) is 0 Å². The fourth-order valence-corrected chi connectivity index (χ4v) is 0.972. The molecule has 0 bridgehead atoms. The van der Waals surface area contributed by atoms with E-state index in [2.05, 4.69) is 16.8 Å². The van der Waals surface area contributed by atoms with Crippen LogP contribution in [0.25, 0.3) is 0 Å². The molecule has 0 aromatic carbocycles. The van der Waals surface area contributed by atoms with E-state index in [-0.39, 0.29) is 0 Å². The molecule has 0 heterocycles. The van der Waals surface area contributed by atoms with Gasteiger partial charge in [-0.05, 0) is 13.8 Å². The zero-order chi connectivity index (χ0) is 9.56. The minimum absolute atomic E-state index is 0.428. The summed E-state index contributed by atoms with van der Waals surface area (Å²) in [5.74, 6) is 0. The molecule has 4 heteroatoms. The Morgan fingerprint density at radius 3 is 2.33 bits per heavy atom. The van der Waals surface area contributed by atoms with Crippen molar-refractivity contribution in [1.29, 1.82) is 0 Å². The number of rotatable bonds is 5. The lowest BCUT2D eigenvalue weighted by atomic mass is 10.4. The van der Waals surface area contributed by atoms with Gasteiger partial charge in [0, 0.05) is 18.8 Å². The van der Waals surface area contributed by atoms with Crippen molar-refractivity contribution >= 4 is 6.03 Å². The molecule has 0 atom stereocenters. The van der Waals surface area contributed by atoms with Crippen LogP contribution < -0.4 is 11.1 Å². The molecule has 0 saturated carbocycles. The number of urea groups is 1. The van der Waals surface area contributed by atoms with Gasteiger partial charge in [0.15, 0.2) is 0 Å². The third-order valence-electron chi connectivity index (χ3n) is 1.68. The summed E-state index contributed by atoms with van der Waals surface area (Å²) in [6, 6.07) is -0.511. The first-order valence-electron chi connectivity index (χ1n) is 4.07. The minimum Gasteiger partial charge on any atom is -0.374 e. The van der Waals surface area contributed by atoms with Gasteiger partial charge in [-0.1, -0.05) is 6.58 Å². The molecule has 2 amide bonds. The average molecular weight is 171 g/mol. The normalized spacial score (nSPS) is 9.17. The summed E-state index contributed by atoms with van der Waals surface area (Å²) in [4.78, 5) is 12.4. The van der Waals surface area contributed by atoms with Crippen LogP contribution >= 0.6 is 0 Å². The third kappa shape index (κ3) is 3.85. The summed E-state index contributed by atoms with van der Waals surface area (Å²) in [5, 5.41) is 2.49. The van der Waals surface area contributed by atoms with Crippen LogP contribution in [0.5, 0.6) is 0 Å². The number of hydrogen-bond acceptors (Lipinski definition) is 2. The molecule has 0 radical (unpaired) electrons. The van der Waals surface area contributed by atoms with E-state index in [1.807, 2.05) is 13.8 Å². The van der Waals surface area contributed by atoms with E-state index in [0.29, 0.717) is 6.54 Å². The minimum atomic E-state index is -0.511. The molecule has 70 valence electrons. The van der Waals surface area contributed by atoms with Gasteiger partial charge < -0.3 is 16.0 Å². The van der Waals surface area contributed by atoms with Crippen molar-refractivity contribution in [1.82, 2.24) is 10.2 Å². The first-order chi connectivity index (χ1) is 5.61. The second-order valence-electron chi connectivity index (χ2n) is 2.46. The Bertz CT molecular complexity index is 164. The molecule has 0 spiro atoms. The Kier molecular flexibility index (Phi) is 4.92. The number of nitrogens with two attached hydrogens (primary N) is 1. The standard InChI is InChI=1S/C8H17N3O/c1-4-11(5-2)7(3)6-10-8(9)12/h3-6H2,1-2H3,(H3,9,10,12). The summed E-state index contributed by atoms with van der Waals surface area (Å²) < 4.78 is 0. The molecule has 0 rings (SSSR count). The van der Waals surface area contributed by atoms with Gasteiger partial charge in [-0.15, -0.1) is 0 Å². The lowest BCUT2D eigenvalue weighted by Crippen LogP contribution is -2.35. The molecular formula is C8H17N3O. The lowest BCUT2D eigenvalue weighted by molar-refractivity contribution is 0.248. The first-order valence-corrected chi connectivity index (χ1v) is 4.07. The van der Waals surface area contributed by atoms with Crippen LogP contribution in [0.3, 0.4) is 0 Å². The van der Waals surface area contributed by atoms with Crippen LogP contribution in [0.1, 0.15) is 13.8 Å². The number of carbonyl (C=O) groups excluding carboxylic acids is 1. The second kappa shape index (κ2) is 5.46. The first kappa shape index (κ1) is 10.8. The van der Waals surface area contributed by atoms with Gasteiger partial charge in [0.2, 0.25) is 0 Å². The van der Waals surface area contributed by atoms with Crippen molar-refractivity contribution in [3.05, 3.63) is 12.3 Å². The quantitative estimate of drug-likeness (QED) is 0.633. The maximum absolute atomic E-state index is 10.4. The second-order valence-corrected chi connectivity index (χ2v) is 2.46. The summed E-state index contributed by atoms with van der Waals surface area (Å²) in [6.45, 7) is 10.1. The number of likely N-dealkylation sites (N-methyl/N-ethyl adjacent to an activating group) is 1. The van der Waals surface area contributed by atoms with E-state index in [1.165, 1.54) is 0 Å². The molecule has 0 unspecified atom stereocenters. The molecule has 12 heavy (non-hydrogen) atoms. The Labute approximate surface area is 73.4 Å². The highest BCUT2D eigenvalue weighted by Gasteiger charge is 2.02. The van der Waals surface area contributed by atoms with Gasteiger partial charge in [0.1, 0.15) is 0 Å². The zero-order valence-electron chi connectivity index (χ0n) is 7.76. The van der Waals surface area contributed by atoms with Crippen LogP contribution in [0.2, 0.25) is 0 Å². The summed E-state index contributed by atoms with van der Waals surface area (Å²) in [6.07, 6.45) is 0. The molecule has 0 aliphatic rings. The van der Waals surface area contributed by atoms with Crippen molar-refractivity contribution < 1.29 is 4.79 Å². The van der Waals surface area contributed by atoms with E-state index in [9.17, 15) is 4.79 Å². The highest BCUT2D eigenvalue weighted by molar-refractivity contribution is 5.71. The van der Waals surface area contributed by atoms with Crippen molar-refractivity contribution in [2.75, 3.05) is 19.6 Å². The predicted octanol–water partition coefficient (Wildman–Crippen LogP) is 0.510. The summed E-state index contributed by atoms with van der Waals surface area (Å²) in [5.41, 5.74) is 5.80. The van der Waals surface area contributed by atoms with Crippen LogP contribution in [0.15, 0.2) is 12.3 Å². The molecular weight excluding hydrogens is 154 g/mol. The van der Waals surface area contributed by atoms with Crippen molar-refractivity contribution in [3.8, 4) is 0 Å². The van der Waals surface area contributed by atoms with Gasteiger partial charge >= 0.3 is 6.03 Å². The highest BCUT2D eigenvalue weighted by atomic mass is 16.2. The number of primary amides is 1. The number of nitrogens with zero attached hydrogens (tertiary/aromatic N) is 1. The fourth-order valence-electron chi connectivity index (χ4n) is 0.972. The van der Waals surface area contributed by atoms with Crippen LogP contribution in [0.4, 0.5) is 4.79 Å². The Morgan fingerprint density at radius 2 is 2.00 bits per heavy atom. The van der Waals surface area contributed by atoms with Gasteiger partial charge in [0.25, 0.3) is 0 Å². The van der Waals surface area contributed by atoms with E-state index in [0.717, 1.165) is 18.8 Å². The van der Waals surface area contributed by atoms with Crippen molar-refractivity contribution in [2.45, 2.75) is 13.8 Å². The Morgan fingerprint density at radius 1 is 1.50 bits per heavy atom. The van der Waals surface area contributed by atoms with Gasteiger partial charge in [-0.2, -0.15) is 0 Å². The molecule has 0 saturated heterocycles. The molecule has 3 N–H and O–H groups in total. The molecule has 4 nitrogen and oxygen atoms in total. The Balaban J connectivity index is 3.77. The van der Waals surface area contributed by atoms with Crippen molar-refractivity contribution in [2.24, 2.45) is 5.73 Å². The topological polar surface area (TPSA) is 58.4 Å². The molecule has 0 aliphatic heterocycles. The summed E-state index contributed by atoms with van der Waals surface area (Å²) in [7, 11) is 0. The van der Waals surface area contributed by atoms with Crippen molar-refractivity contribution in [3.63, 3.8) is 0 Å². The van der Waals surface area contributed by atoms with Crippen LogP contribution in [-0.4, -0.2) is 30.6 Å². The predicted molar refractivity (Wildman–Crippen MR) is 49.6 cm³/mol. The number of amides is 2.